The van der Waals surface area contributed by atoms with Crippen LogP contribution < -0.4 is 0 Å². The van der Waals surface area contributed by atoms with Crippen LogP contribution in [0.3, 0.4) is 0 Å². The summed E-state index contributed by atoms with van der Waals surface area (Å²) < 4.78 is 0. The van der Waals surface area contributed by atoms with Gasteiger partial charge in [0.05, 0.1) is 0 Å². The molecule has 44 valence electrons. The maximum atomic E-state index is 3.69. The summed E-state index contributed by atoms with van der Waals surface area (Å²) in [6.45, 7) is 0.639. The largest absolute Gasteiger partial charge is 0.683 e. The molecule has 0 radical (unpaired) electrons. The van der Waals surface area contributed by atoms with Crippen LogP contribution in [0.15, 0.2) is 0 Å². The molecule has 2 nitrogen and oxygen atoms in total. The summed E-state index contributed by atoms with van der Waals surface area (Å²) in [5.74, 6) is 0. The van der Waals surface area contributed by atoms with Gasteiger partial charge in [-0.25, -0.2) is 0 Å². The Kier molecular flexibility index (Phi) is 35.2. The van der Waals surface area contributed by atoms with Crippen LogP contribution in [0.4, 0.5) is 0 Å². The molecule has 0 aliphatic rings. The van der Waals surface area contributed by atoms with Crippen LogP contribution in [0.1, 0.15) is 0 Å². The fraction of sp³-hybridized carbons (Fsp3) is 1.00. The molecule has 0 fully saturated rings. The van der Waals surface area contributed by atoms with Crippen LogP contribution >= 0.6 is 0 Å². The molecule has 0 aromatic carbocycles. The molecule has 0 N–H and O–H groups in total. The van der Waals surface area contributed by atoms with E-state index in [0.29, 0.717) is 6.67 Å². The van der Waals surface area contributed by atoms with Crippen molar-refractivity contribution in [2.45, 2.75) is 0 Å². The topological polar surface area (TPSA) is 28.2 Å². The third-order valence-electron chi connectivity index (χ3n) is 0.283. The summed E-state index contributed by atoms with van der Waals surface area (Å²) in [5.41, 5.74) is 0. The van der Waals surface area contributed by atoms with Crippen molar-refractivity contribution < 1.29 is 42.1 Å². The number of nitrogens with zero attached hydrogens (tertiary/aromatic N) is 2. The molecule has 0 atom stereocenters. The minimum absolute atomic E-state index is 0. The molecule has 0 unspecified atom stereocenters. The van der Waals surface area contributed by atoms with Gasteiger partial charge in [-0.05, 0) is 0 Å². The van der Waals surface area contributed by atoms with E-state index in [9.17, 15) is 0 Å². The molecule has 7 heavy (non-hydrogen) atoms. The quantitative estimate of drug-likeness (QED) is 0.664. The van der Waals surface area contributed by atoms with E-state index in [1.165, 1.54) is 0 Å². The van der Waals surface area contributed by atoms with Crippen LogP contribution in [-0.4, -0.2) is 20.8 Å². The van der Waals surface area contributed by atoms with Crippen LogP contribution in [0.25, 0.3) is 10.6 Å². The monoisotopic (exact) mass is 268 g/mol. The van der Waals surface area contributed by atoms with E-state index >= 15 is 0 Å². The van der Waals surface area contributed by atoms with Crippen molar-refractivity contribution >= 4 is 0 Å². The second-order valence-electron chi connectivity index (χ2n) is 0.774. The van der Waals surface area contributed by atoms with E-state index in [2.05, 4.69) is 10.6 Å². The summed E-state index contributed by atoms with van der Waals surface area (Å²) in [5, 5.41) is 7.38. The van der Waals surface area contributed by atoms with Gasteiger partial charge in [0.1, 0.15) is 0 Å². The van der Waals surface area contributed by atoms with Gasteiger partial charge >= 0.3 is 0 Å². The van der Waals surface area contributed by atoms with Gasteiger partial charge in [-0.15, -0.1) is 0 Å². The molecule has 0 aromatic heterocycles. The Morgan fingerprint density at radius 1 is 1.00 bits per heavy atom. The van der Waals surface area contributed by atoms with Crippen molar-refractivity contribution in [3.63, 3.8) is 0 Å². The molecule has 0 rings (SSSR count). The molecular weight excluding hydrogens is 256 g/mol. The zero-order chi connectivity index (χ0) is 4.12. The van der Waals surface area contributed by atoms with Gasteiger partial charge < -0.3 is 10.6 Å². The number of rotatable bonds is 2. The zero-order valence-electron chi connectivity index (χ0n) is 4.42. The first-order chi connectivity index (χ1) is 2.41. The van der Waals surface area contributed by atoms with E-state index in [1.807, 2.05) is 0 Å². The Balaban J connectivity index is -0.0000000800. The van der Waals surface area contributed by atoms with Gasteiger partial charge in [-0.1, -0.05) is 0 Å². The third-order valence-corrected chi connectivity index (χ3v) is 0.283. The SMILES string of the molecule is C[N-]C[N-]C.[Mo].[Mo]. The molecular formula is C3H8Mo2N2-2. The smallest absolute Gasteiger partial charge is 0 e. The Labute approximate surface area is 73.3 Å². The molecule has 0 aliphatic heterocycles. The first-order valence-corrected chi connectivity index (χ1v) is 1.53. The summed E-state index contributed by atoms with van der Waals surface area (Å²) in [7, 11) is 3.49. The van der Waals surface area contributed by atoms with Crippen molar-refractivity contribution in [1.82, 2.24) is 0 Å². The standard InChI is InChI=1S/C3H8N2.2Mo/c1-4-3-5-2;;/h3H2,1-2H3;;/q-2;;. The Morgan fingerprint density at radius 2 is 1.29 bits per heavy atom. The van der Waals surface area contributed by atoms with Crippen LogP contribution in [0.2, 0.25) is 0 Å². The fourth-order valence-electron chi connectivity index (χ4n) is 0.141. The summed E-state index contributed by atoms with van der Waals surface area (Å²) in [6, 6.07) is 0. The van der Waals surface area contributed by atoms with Crippen molar-refractivity contribution in [3.8, 4) is 0 Å². The van der Waals surface area contributed by atoms with Crippen molar-refractivity contribution in [2.24, 2.45) is 0 Å². The molecule has 0 saturated carbocycles. The van der Waals surface area contributed by atoms with Crippen LogP contribution in [0.5, 0.6) is 0 Å². The second-order valence-corrected chi connectivity index (χ2v) is 0.774. The average Bonchev–Trinajstić information content (AvgIpc) is 1.41. The summed E-state index contributed by atoms with van der Waals surface area (Å²) >= 11 is 0. The predicted octanol–water partition coefficient (Wildman–Crippen LogP) is 0.946. The molecule has 0 amide bonds. The van der Waals surface area contributed by atoms with Crippen molar-refractivity contribution in [2.75, 3.05) is 20.8 Å². The van der Waals surface area contributed by atoms with Crippen LogP contribution in [0, 0.1) is 0 Å². The van der Waals surface area contributed by atoms with E-state index in [0.717, 1.165) is 0 Å². The van der Waals surface area contributed by atoms with Gasteiger partial charge in [-0.2, -0.15) is 14.1 Å². The van der Waals surface area contributed by atoms with Gasteiger partial charge in [-0.3, -0.25) is 6.67 Å². The minimum atomic E-state index is 0. The first-order valence-electron chi connectivity index (χ1n) is 1.53. The fourth-order valence-corrected chi connectivity index (χ4v) is 0.141. The molecule has 0 aliphatic carbocycles. The molecule has 4 heteroatoms. The Hall–Kier alpha value is 1.30. The minimum Gasteiger partial charge on any atom is -0.683 e. The van der Waals surface area contributed by atoms with Crippen molar-refractivity contribution in [1.29, 1.82) is 0 Å². The molecule has 0 aromatic rings. The van der Waals surface area contributed by atoms with E-state index < -0.39 is 0 Å². The van der Waals surface area contributed by atoms with Crippen LogP contribution in [-0.2, 0) is 42.1 Å². The maximum Gasteiger partial charge on any atom is 0 e. The molecule has 0 bridgehead atoms. The maximum absolute atomic E-state index is 3.69. The normalized spacial score (nSPS) is 6.00. The third kappa shape index (κ3) is 18.8. The van der Waals surface area contributed by atoms with Gasteiger partial charge in [0.15, 0.2) is 0 Å². The molecule has 0 spiro atoms. The average molecular weight is 264 g/mol. The molecule has 0 saturated heterocycles. The first kappa shape index (κ1) is 15.7. The van der Waals surface area contributed by atoms with E-state index in [1.54, 1.807) is 14.1 Å². The number of hydrogen-bond donors (Lipinski definition) is 0. The Bertz CT molecular complexity index is 18.4. The summed E-state index contributed by atoms with van der Waals surface area (Å²) in [6.07, 6.45) is 0. The predicted molar refractivity (Wildman–Crippen MR) is 23.4 cm³/mol. The van der Waals surface area contributed by atoms with Gasteiger partial charge in [0, 0.05) is 42.1 Å². The van der Waals surface area contributed by atoms with E-state index in [-0.39, 0.29) is 42.1 Å². The molecule has 0 heterocycles. The zero-order valence-corrected chi connectivity index (χ0v) is 8.43. The number of hydrogen-bond acceptors (Lipinski definition) is 0. The summed E-state index contributed by atoms with van der Waals surface area (Å²) in [4.78, 5) is 0. The van der Waals surface area contributed by atoms with Crippen molar-refractivity contribution in [3.05, 3.63) is 10.6 Å². The Morgan fingerprint density at radius 3 is 1.29 bits per heavy atom. The second kappa shape index (κ2) is 15.7. The van der Waals surface area contributed by atoms with E-state index in [4.69, 9.17) is 0 Å². The van der Waals surface area contributed by atoms with Gasteiger partial charge in [0.2, 0.25) is 0 Å². The van der Waals surface area contributed by atoms with Gasteiger partial charge in [0.25, 0.3) is 0 Å².